The summed E-state index contributed by atoms with van der Waals surface area (Å²) in [7, 11) is 0. The second kappa shape index (κ2) is 9.73. The molecule has 0 fully saturated rings. The summed E-state index contributed by atoms with van der Waals surface area (Å²) in [6.07, 6.45) is 1.38. The Balaban J connectivity index is 1.42. The van der Waals surface area contributed by atoms with Crippen molar-refractivity contribution in [3.05, 3.63) is 97.9 Å². The third-order valence-electron chi connectivity index (χ3n) is 4.43. The summed E-state index contributed by atoms with van der Waals surface area (Å²) in [5, 5.41) is 5.16. The molecule has 0 spiro atoms. The van der Waals surface area contributed by atoms with Crippen LogP contribution in [0.3, 0.4) is 0 Å². The number of benzene rings is 3. The first kappa shape index (κ1) is 22.3. The Bertz CT molecular complexity index is 1320. The van der Waals surface area contributed by atoms with Crippen molar-refractivity contribution in [2.24, 2.45) is 5.10 Å². The fourth-order valence-corrected chi connectivity index (χ4v) is 3.90. The van der Waals surface area contributed by atoms with Gasteiger partial charge in [0.2, 0.25) is 0 Å². The van der Waals surface area contributed by atoms with Gasteiger partial charge in [-0.15, -0.1) is 0 Å². The highest BCUT2D eigenvalue weighted by Crippen LogP contribution is 2.34. The molecule has 4 rings (SSSR count). The van der Waals surface area contributed by atoms with E-state index >= 15 is 0 Å². The molecule has 0 atom stereocenters. The van der Waals surface area contributed by atoms with Gasteiger partial charge in [-0.1, -0.05) is 57.3 Å². The Kier molecular flexibility index (Phi) is 6.79. The zero-order valence-corrected chi connectivity index (χ0v) is 19.3. The van der Waals surface area contributed by atoms with Crippen molar-refractivity contribution < 1.29 is 18.3 Å². The number of halogens is 4. The van der Waals surface area contributed by atoms with Gasteiger partial charge in [0.05, 0.1) is 16.3 Å². The van der Waals surface area contributed by atoms with Gasteiger partial charge in [-0.3, -0.25) is 4.79 Å². The first-order valence-corrected chi connectivity index (χ1v) is 10.8. The van der Waals surface area contributed by atoms with Crippen LogP contribution in [0.2, 0.25) is 10.0 Å². The number of carbonyl (C=O) groups excluding carboxylic acids is 1. The number of ether oxygens (including phenoxy) is 1. The third kappa shape index (κ3) is 5.12. The monoisotopic (exact) mass is 534 g/mol. The predicted octanol–water partition coefficient (Wildman–Crippen LogP) is 6.98. The molecule has 0 aliphatic carbocycles. The summed E-state index contributed by atoms with van der Waals surface area (Å²) in [4.78, 5) is 12.3. The summed E-state index contributed by atoms with van der Waals surface area (Å²) in [5.41, 5.74) is 3.90. The standard InChI is InChI=1S/C23H14BrCl2FN2O3/c24-16-5-6-20-15(9-16)10-21(32-20)23(30)29-28-11-13-7-17(25)22(18(26)8-13)31-12-14-3-1-2-4-19(14)27/h1-11H,12H2,(H,29,30)/b28-11+. The van der Waals surface area contributed by atoms with Crippen molar-refractivity contribution in [3.8, 4) is 5.75 Å². The minimum absolute atomic E-state index is 0.0241. The van der Waals surface area contributed by atoms with Crippen LogP contribution in [0.4, 0.5) is 4.39 Å². The predicted molar refractivity (Wildman–Crippen MR) is 126 cm³/mol. The third-order valence-corrected chi connectivity index (χ3v) is 5.49. The highest BCUT2D eigenvalue weighted by Gasteiger charge is 2.13. The SMILES string of the molecule is O=C(N/N=C/c1cc(Cl)c(OCc2ccccc2F)c(Cl)c1)c1cc2cc(Br)ccc2o1. The fourth-order valence-electron chi connectivity index (χ4n) is 2.90. The van der Waals surface area contributed by atoms with Crippen LogP contribution >= 0.6 is 39.1 Å². The molecule has 0 aliphatic heterocycles. The quantitative estimate of drug-likeness (QED) is 0.214. The Morgan fingerprint density at radius 3 is 2.62 bits per heavy atom. The average Bonchev–Trinajstić information content (AvgIpc) is 3.17. The molecule has 9 heteroatoms. The first-order chi connectivity index (χ1) is 15.4. The topological polar surface area (TPSA) is 63.8 Å². The highest BCUT2D eigenvalue weighted by molar-refractivity contribution is 9.10. The Labute approximate surface area is 200 Å². The molecule has 0 unspecified atom stereocenters. The summed E-state index contributed by atoms with van der Waals surface area (Å²) < 4.78 is 25.8. The van der Waals surface area contributed by atoms with Gasteiger partial charge in [-0.25, -0.2) is 9.82 Å². The van der Waals surface area contributed by atoms with Gasteiger partial charge in [0.25, 0.3) is 0 Å². The van der Waals surface area contributed by atoms with Crippen LogP contribution in [0.25, 0.3) is 11.0 Å². The van der Waals surface area contributed by atoms with Crippen LogP contribution in [0.1, 0.15) is 21.7 Å². The van der Waals surface area contributed by atoms with Crippen molar-refractivity contribution in [1.29, 1.82) is 0 Å². The maximum atomic E-state index is 13.8. The Hall–Kier alpha value is -2.87. The number of amides is 1. The Morgan fingerprint density at radius 2 is 1.88 bits per heavy atom. The van der Waals surface area contributed by atoms with Crippen molar-refractivity contribution in [2.45, 2.75) is 6.61 Å². The minimum atomic E-state index is -0.504. The van der Waals surface area contributed by atoms with E-state index in [1.165, 1.54) is 12.3 Å². The van der Waals surface area contributed by atoms with Gasteiger partial charge in [-0.2, -0.15) is 5.10 Å². The molecule has 1 N–H and O–H groups in total. The molecule has 0 aliphatic rings. The maximum Gasteiger partial charge on any atom is 0.307 e. The molecule has 3 aromatic carbocycles. The summed E-state index contributed by atoms with van der Waals surface area (Å²) in [6.45, 7) is -0.0241. The normalized spacial score (nSPS) is 11.2. The van der Waals surface area contributed by atoms with E-state index in [-0.39, 0.29) is 34.0 Å². The zero-order chi connectivity index (χ0) is 22.7. The van der Waals surface area contributed by atoms with E-state index in [1.807, 2.05) is 12.1 Å². The lowest BCUT2D eigenvalue weighted by molar-refractivity contribution is 0.0929. The van der Waals surface area contributed by atoms with Crippen LogP contribution in [0, 0.1) is 5.82 Å². The second-order valence-electron chi connectivity index (χ2n) is 6.69. The van der Waals surface area contributed by atoms with Crippen molar-refractivity contribution in [1.82, 2.24) is 5.43 Å². The molecule has 4 aromatic rings. The van der Waals surface area contributed by atoms with Crippen molar-refractivity contribution >= 4 is 62.2 Å². The van der Waals surface area contributed by atoms with Crippen LogP contribution in [0.15, 0.2) is 74.7 Å². The van der Waals surface area contributed by atoms with Crippen LogP contribution in [-0.2, 0) is 6.61 Å². The number of nitrogens with one attached hydrogen (secondary N) is 1. The van der Waals surface area contributed by atoms with E-state index in [0.717, 1.165) is 9.86 Å². The van der Waals surface area contributed by atoms with E-state index in [9.17, 15) is 9.18 Å². The number of fused-ring (bicyclic) bond motifs is 1. The molecule has 0 saturated carbocycles. The number of nitrogens with zero attached hydrogens (tertiary/aromatic N) is 1. The summed E-state index contributed by atoms with van der Waals surface area (Å²) >= 11 is 15.9. The van der Waals surface area contributed by atoms with E-state index < -0.39 is 5.91 Å². The molecule has 162 valence electrons. The van der Waals surface area contributed by atoms with E-state index in [4.69, 9.17) is 32.4 Å². The average molecular weight is 536 g/mol. The van der Waals surface area contributed by atoms with Gasteiger partial charge in [-0.05, 0) is 48.0 Å². The van der Waals surface area contributed by atoms with Gasteiger partial charge >= 0.3 is 5.91 Å². The van der Waals surface area contributed by atoms with E-state index in [0.29, 0.717) is 16.7 Å². The summed E-state index contributed by atoms with van der Waals surface area (Å²) in [6, 6.07) is 16.5. The zero-order valence-electron chi connectivity index (χ0n) is 16.2. The van der Waals surface area contributed by atoms with Crippen LogP contribution < -0.4 is 10.2 Å². The number of rotatable bonds is 6. The summed E-state index contributed by atoms with van der Waals surface area (Å²) in [5.74, 6) is -0.527. The van der Waals surface area contributed by atoms with Crippen molar-refractivity contribution in [3.63, 3.8) is 0 Å². The first-order valence-electron chi connectivity index (χ1n) is 9.28. The van der Waals surface area contributed by atoms with E-state index in [2.05, 4.69) is 26.5 Å². The molecular weight excluding hydrogens is 522 g/mol. The number of furan rings is 1. The lowest BCUT2D eigenvalue weighted by atomic mass is 10.2. The smallest absolute Gasteiger partial charge is 0.307 e. The maximum absolute atomic E-state index is 13.8. The Morgan fingerprint density at radius 1 is 1.12 bits per heavy atom. The fraction of sp³-hybridized carbons (Fsp3) is 0.0435. The molecule has 5 nitrogen and oxygen atoms in total. The number of hydrazone groups is 1. The molecule has 32 heavy (non-hydrogen) atoms. The molecule has 1 amide bonds. The number of carbonyl (C=O) groups is 1. The second-order valence-corrected chi connectivity index (χ2v) is 8.42. The number of hydrogen-bond donors (Lipinski definition) is 1. The van der Waals surface area contributed by atoms with Gasteiger partial charge in [0.15, 0.2) is 11.5 Å². The lowest BCUT2D eigenvalue weighted by Gasteiger charge is -2.11. The van der Waals surface area contributed by atoms with Gasteiger partial charge < -0.3 is 9.15 Å². The molecule has 0 saturated heterocycles. The van der Waals surface area contributed by atoms with Gasteiger partial charge in [0.1, 0.15) is 18.0 Å². The highest BCUT2D eigenvalue weighted by atomic mass is 79.9. The van der Waals surface area contributed by atoms with E-state index in [1.54, 1.807) is 42.5 Å². The van der Waals surface area contributed by atoms with Crippen molar-refractivity contribution in [2.75, 3.05) is 0 Å². The molecule has 1 aromatic heterocycles. The molecule has 0 bridgehead atoms. The molecular formula is C23H14BrCl2FN2O3. The molecule has 1 heterocycles. The van der Waals surface area contributed by atoms with Gasteiger partial charge in [0, 0.05) is 15.4 Å². The van der Waals surface area contributed by atoms with Crippen LogP contribution in [0.5, 0.6) is 5.75 Å². The molecule has 0 radical (unpaired) electrons. The lowest BCUT2D eigenvalue weighted by Crippen LogP contribution is -2.16. The largest absolute Gasteiger partial charge is 0.486 e. The van der Waals surface area contributed by atoms with Crippen LogP contribution in [-0.4, -0.2) is 12.1 Å². The number of hydrogen-bond acceptors (Lipinski definition) is 4. The minimum Gasteiger partial charge on any atom is -0.486 e.